The molecule has 2 N–H and O–H groups in total. The van der Waals surface area contributed by atoms with Crippen LogP contribution in [0.25, 0.3) is 11.4 Å². The van der Waals surface area contributed by atoms with Crippen LogP contribution in [0, 0.1) is 0 Å². The second kappa shape index (κ2) is 4.79. The molecule has 7 heteroatoms. The quantitative estimate of drug-likeness (QED) is 0.869. The third-order valence-corrected chi connectivity index (χ3v) is 3.84. The summed E-state index contributed by atoms with van der Waals surface area (Å²) in [7, 11) is 1.72. The normalized spacial score (nSPS) is 22.2. The van der Waals surface area contributed by atoms with Gasteiger partial charge in [-0.1, -0.05) is 11.6 Å². The van der Waals surface area contributed by atoms with Gasteiger partial charge in [0.15, 0.2) is 5.82 Å². The molecule has 1 heterocycles. The number of tetrazole rings is 1. The van der Waals surface area contributed by atoms with Crippen molar-refractivity contribution in [3.05, 3.63) is 23.2 Å². The molecule has 0 aliphatic heterocycles. The number of hydrogen-bond donors (Lipinski definition) is 1. The molecule has 1 saturated carbocycles. The Kier molecular flexibility index (Phi) is 3.12. The highest BCUT2D eigenvalue weighted by molar-refractivity contribution is 6.33. The molecule has 2 aromatic rings. The Balaban J connectivity index is 1.89. The molecule has 6 nitrogen and oxygen atoms in total. The van der Waals surface area contributed by atoms with Crippen LogP contribution in [-0.4, -0.2) is 33.4 Å². The fourth-order valence-electron chi connectivity index (χ4n) is 2.24. The number of nitrogen functional groups attached to an aromatic ring is 1. The molecular weight excluding hydrogens is 266 g/mol. The molecule has 1 fully saturated rings. The van der Waals surface area contributed by atoms with Crippen molar-refractivity contribution in [1.29, 1.82) is 0 Å². The van der Waals surface area contributed by atoms with Crippen molar-refractivity contribution in [2.45, 2.75) is 25.0 Å². The highest BCUT2D eigenvalue weighted by Gasteiger charge is 2.33. The topological polar surface area (TPSA) is 78.8 Å². The van der Waals surface area contributed by atoms with Crippen LogP contribution in [0.15, 0.2) is 18.2 Å². The molecule has 1 aromatic carbocycles. The van der Waals surface area contributed by atoms with Crippen molar-refractivity contribution in [2.24, 2.45) is 0 Å². The van der Waals surface area contributed by atoms with E-state index in [0.717, 1.165) is 18.4 Å². The van der Waals surface area contributed by atoms with E-state index in [1.165, 1.54) is 0 Å². The number of nitrogens with zero attached hydrogens (tertiary/aromatic N) is 4. The standard InChI is InChI=1S/C12H14ClN5O/c1-19-9-5-8(6-9)18-12(15-16-17-18)7-2-3-10(13)11(14)4-7/h2-4,8-9H,5-6,14H2,1H3. The average Bonchev–Trinajstić information content (AvgIpc) is 2.80. The van der Waals surface area contributed by atoms with Crippen molar-refractivity contribution in [3.63, 3.8) is 0 Å². The number of halogens is 1. The van der Waals surface area contributed by atoms with Crippen LogP contribution in [0.4, 0.5) is 5.69 Å². The van der Waals surface area contributed by atoms with E-state index in [-0.39, 0.29) is 6.04 Å². The third kappa shape index (κ3) is 2.17. The molecule has 1 aliphatic carbocycles. The predicted molar refractivity (Wildman–Crippen MR) is 71.7 cm³/mol. The first kappa shape index (κ1) is 12.4. The molecule has 1 aliphatic rings. The van der Waals surface area contributed by atoms with Crippen LogP contribution in [0.3, 0.4) is 0 Å². The van der Waals surface area contributed by atoms with Crippen molar-refractivity contribution < 1.29 is 4.74 Å². The molecule has 0 unspecified atom stereocenters. The fraction of sp³-hybridized carbons (Fsp3) is 0.417. The van der Waals surface area contributed by atoms with Crippen molar-refractivity contribution in [2.75, 3.05) is 12.8 Å². The second-order valence-electron chi connectivity index (χ2n) is 4.67. The molecule has 0 amide bonds. The van der Waals surface area contributed by atoms with E-state index < -0.39 is 0 Å². The van der Waals surface area contributed by atoms with Crippen LogP contribution in [0.1, 0.15) is 18.9 Å². The largest absolute Gasteiger partial charge is 0.398 e. The number of nitrogens with two attached hydrogens (primary N) is 1. The number of hydrogen-bond acceptors (Lipinski definition) is 5. The zero-order valence-electron chi connectivity index (χ0n) is 10.5. The fourth-order valence-corrected chi connectivity index (χ4v) is 2.36. The monoisotopic (exact) mass is 279 g/mol. The molecule has 0 atom stereocenters. The zero-order valence-corrected chi connectivity index (χ0v) is 11.2. The van der Waals surface area contributed by atoms with Crippen LogP contribution < -0.4 is 5.73 Å². The lowest BCUT2D eigenvalue weighted by atomic mass is 9.89. The second-order valence-corrected chi connectivity index (χ2v) is 5.07. The summed E-state index contributed by atoms with van der Waals surface area (Å²) in [5.41, 5.74) is 7.21. The van der Waals surface area contributed by atoms with E-state index in [2.05, 4.69) is 15.5 Å². The van der Waals surface area contributed by atoms with Gasteiger partial charge in [0.2, 0.25) is 0 Å². The van der Waals surface area contributed by atoms with Crippen molar-refractivity contribution in [1.82, 2.24) is 20.2 Å². The van der Waals surface area contributed by atoms with Gasteiger partial charge in [-0.3, -0.25) is 0 Å². The lowest BCUT2D eigenvalue weighted by molar-refractivity contribution is 0.00248. The molecule has 3 rings (SSSR count). The summed E-state index contributed by atoms with van der Waals surface area (Å²) in [6.07, 6.45) is 2.16. The van der Waals surface area contributed by atoms with Gasteiger partial charge < -0.3 is 10.5 Å². The van der Waals surface area contributed by atoms with E-state index in [0.29, 0.717) is 22.6 Å². The Morgan fingerprint density at radius 3 is 2.89 bits per heavy atom. The SMILES string of the molecule is COC1CC(n2nnnc2-c2ccc(Cl)c(N)c2)C1. The van der Waals surface area contributed by atoms with E-state index >= 15 is 0 Å². The highest BCUT2D eigenvalue weighted by atomic mass is 35.5. The summed E-state index contributed by atoms with van der Waals surface area (Å²) in [6.45, 7) is 0. The van der Waals surface area contributed by atoms with Gasteiger partial charge in [0.1, 0.15) is 0 Å². The Bertz CT molecular complexity index is 594. The molecular formula is C12H14ClN5O. The molecule has 100 valence electrons. The molecule has 19 heavy (non-hydrogen) atoms. The minimum atomic E-state index is 0.284. The number of benzene rings is 1. The van der Waals surface area contributed by atoms with Crippen molar-refractivity contribution in [3.8, 4) is 11.4 Å². The molecule has 0 radical (unpaired) electrons. The van der Waals surface area contributed by atoms with Crippen LogP contribution in [0.5, 0.6) is 0 Å². The van der Waals surface area contributed by atoms with Crippen LogP contribution in [-0.2, 0) is 4.74 Å². The maximum absolute atomic E-state index is 5.92. The van der Waals surface area contributed by atoms with Gasteiger partial charge in [-0.2, -0.15) is 0 Å². The molecule has 1 aromatic heterocycles. The number of methoxy groups -OCH3 is 1. The number of anilines is 1. The Morgan fingerprint density at radius 1 is 1.42 bits per heavy atom. The Hall–Kier alpha value is -1.66. The predicted octanol–water partition coefficient (Wildman–Crippen LogP) is 1.93. The van der Waals surface area contributed by atoms with E-state index in [1.807, 2.05) is 10.7 Å². The van der Waals surface area contributed by atoms with Crippen molar-refractivity contribution >= 4 is 17.3 Å². The van der Waals surface area contributed by atoms with E-state index in [1.54, 1.807) is 19.2 Å². The number of aromatic nitrogens is 4. The zero-order chi connectivity index (χ0) is 13.4. The molecule has 0 bridgehead atoms. The van der Waals surface area contributed by atoms with Gasteiger partial charge >= 0.3 is 0 Å². The summed E-state index contributed by atoms with van der Waals surface area (Å²) in [5.74, 6) is 0.711. The first-order chi connectivity index (χ1) is 9.19. The minimum Gasteiger partial charge on any atom is -0.398 e. The van der Waals surface area contributed by atoms with Gasteiger partial charge in [0.25, 0.3) is 0 Å². The minimum absolute atomic E-state index is 0.284. The first-order valence-electron chi connectivity index (χ1n) is 6.05. The smallest absolute Gasteiger partial charge is 0.182 e. The Morgan fingerprint density at radius 2 is 2.21 bits per heavy atom. The van der Waals surface area contributed by atoms with Crippen LogP contribution in [0.2, 0.25) is 5.02 Å². The summed E-state index contributed by atoms with van der Waals surface area (Å²) in [5, 5.41) is 12.4. The number of ether oxygens (including phenoxy) is 1. The summed E-state index contributed by atoms with van der Waals surface area (Å²) in [4.78, 5) is 0. The number of rotatable bonds is 3. The first-order valence-corrected chi connectivity index (χ1v) is 6.43. The maximum Gasteiger partial charge on any atom is 0.182 e. The lowest BCUT2D eigenvalue weighted by Gasteiger charge is -2.34. The van der Waals surface area contributed by atoms with Gasteiger partial charge in [-0.15, -0.1) is 5.10 Å². The third-order valence-electron chi connectivity index (χ3n) is 3.50. The van der Waals surface area contributed by atoms with Gasteiger partial charge in [-0.25, -0.2) is 4.68 Å². The lowest BCUT2D eigenvalue weighted by Crippen LogP contribution is -2.33. The summed E-state index contributed by atoms with van der Waals surface area (Å²) in [6, 6.07) is 5.70. The van der Waals surface area contributed by atoms with E-state index in [4.69, 9.17) is 22.1 Å². The summed E-state index contributed by atoms with van der Waals surface area (Å²) >= 11 is 5.92. The van der Waals surface area contributed by atoms with Crippen LogP contribution >= 0.6 is 11.6 Å². The van der Waals surface area contributed by atoms with Gasteiger partial charge in [0.05, 0.1) is 22.9 Å². The summed E-state index contributed by atoms with van der Waals surface area (Å²) < 4.78 is 7.11. The average molecular weight is 280 g/mol. The maximum atomic E-state index is 5.92. The van der Waals surface area contributed by atoms with Gasteiger partial charge in [0, 0.05) is 12.7 Å². The van der Waals surface area contributed by atoms with E-state index in [9.17, 15) is 0 Å². The highest BCUT2D eigenvalue weighted by Crippen LogP contribution is 2.36. The molecule has 0 spiro atoms. The Labute approximate surface area is 115 Å². The van der Waals surface area contributed by atoms with Gasteiger partial charge in [-0.05, 0) is 41.5 Å². The molecule has 0 saturated heterocycles.